The van der Waals surface area contributed by atoms with Gasteiger partial charge in [-0.2, -0.15) is 0 Å². The number of hydrogen-bond acceptors (Lipinski definition) is 6. The minimum Gasteiger partial charge on any atom is -0.419 e. The molecule has 2 aliphatic heterocycles. The quantitative estimate of drug-likeness (QED) is 0.491. The van der Waals surface area contributed by atoms with E-state index in [1.54, 1.807) is 0 Å². The Morgan fingerprint density at radius 3 is 2.62 bits per heavy atom. The van der Waals surface area contributed by atoms with Gasteiger partial charge >= 0.3 is 11.9 Å². The van der Waals surface area contributed by atoms with Gasteiger partial charge in [0.05, 0.1) is 16.4 Å². The maximum Gasteiger partial charge on any atom is 0.350 e. The van der Waals surface area contributed by atoms with Gasteiger partial charge in [-0.3, -0.25) is 0 Å². The molecule has 0 spiro atoms. The highest BCUT2D eigenvalue weighted by Crippen LogP contribution is 2.36. The number of halogens is 1. The number of nitrogens with one attached hydrogen (secondary N) is 1. The predicted molar refractivity (Wildman–Crippen MR) is 100 cm³/mol. The summed E-state index contributed by atoms with van der Waals surface area (Å²) in [4.78, 5) is 26.4. The maximum absolute atomic E-state index is 12.1. The summed E-state index contributed by atoms with van der Waals surface area (Å²) in [7, 11) is 0. The lowest BCUT2D eigenvalue weighted by Crippen LogP contribution is -2.42. The van der Waals surface area contributed by atoms with Crippen LogP contribution in [0, 0.1) is 5.92 Å². The molecule has 0 amide bonds. The van der Waals surface area contributed by atoms with E-state index in [4.69, 9.17) is 21.1 Å². The van der Waals surface area contributed by atoms with Crippen molar-refractivity contribution in [3.05, 3.63) is 35.0 Å². The second-order valence-electron chi connectivity index (χ2n) is 7.21. The summed E-state index contributed by atoms with van der Waals surface area (Å²) in [5.74, 6) is -2.10. The van der Waals surface area contributed by atoms with Gasteiger partial charge in [-0.15, -0.1) is 0 Å². The SMILES string of the molecule is CC1CCCN(c2c(Cl)cccc2NC=C2C(=O)OC(C)(C)OC2=O)C1. The first kappa shape index (κ1) is 18.6. The van der Waals surface area contributed by atoms with Crippen molar-refractivity contribution in [1.29, 1.82) is 0 Å². The Kier molecular flexibility index (Phi) is 5.14. The van der Waals surface area contributed by atoms with Crippen molar-refractivity contribution >= 4 is 34.9 Å². The van der Waals surface area contributed by atoms with Gasteiger partial charge in [0.2, 0.25) is 0 Å². The smallest absolute Gasteiger partial charge is 0.350 e. The molecule has 140 valence electrons. The molecule has 0 radical (unpaired) electrons. The summed E-state index contributed by atoms with van der Waals surface area (Å²) in [6.45, 7) is 7.07. The van der Waals surface area contributed by atoms with Gasteiger partial charge in [0, 0.05) is 33.1 Å². The lowest BCUT2D eigenvalue weighted by molar-refractivity contribution is -0.222. The highest BCUT2D eigenvalue weighted by Gasteiger charge is 2.39. The van der Waals surface area contributed by atoms with Gasteiger partial charge in [-0.05, 0) is 30.9 Å². The van der Waals surface area contributed by atoms with Crippen molar-refractivity contribution in [2.24, 2.45) is 5.92 Å². The minimum absolute atomic E-state index is 0.178. The number of para-hydroxylation sites is 1. The van der Waals surface area contributed by atoms with Crippen LogP contribution in [0.25, 0.3) is 0 Å². The Balaban J connectivity index is 1.85. The molecule has 1 atom stereocenters. The Morgan fingerprint density at radius 2 is 1.96 bits per heavy atom. The van der Waals surface area contributed by atoms with Crippen LogP contribution in [0.15, 0.2) is 30.0 Å². The van der Waals surface area contributed by atoms with Gasteiger partial charge < -0.3 is 19.7 Å². The van der Waals surface area contributed by atoms with E-state index in [2.05, 4.69) is 17.1 Å². The molecular formula is C19H23ClN2O4. The number of cyclic esters (lactones) is 2. The van der Waals surface area contributed by atoms with Crippen molar-refractivity contribution in [2.45, 2.75) is 39.4 Å². The van der Waals surface area contributed by atoms with Gasteiger partial charge in [0.25, 0.3) is 5.79 Å². The summed E-state index contributed by atoms with van der Waals surface area (Å²) >= 11 is 6.44. The molecule has 1 unspecified atom stereocenters. The molecule has 6 nitrogen and oxygen atoms in total. The van der Waals surface area contributed by atoms with Crippen LogP contribution >= 0.6 is 11.6 Å². The van der Waals surface area contributed by atoms with Crippen LogP contribution in [0.5, 0.6) is 0 Å². The molecule has 2 aliphatic rings. The standard InChI is InChI=1S/C19H23ClN2O4/c1-12-6-5-9-22(11-12)16-14(20)7-4-8-15(16)21-10-13-17(23)25-19(2,3)26-18(13)24/h4,7-8,10,12,21H,5-6,9,11H2,1-3H3. The summed E-state index contributed by atoms with van der Waals surface area (Å²) < 4.78 is 10.2. The zero-order chi connectivity index (χ0) is 18.9. The summed E-state index contributed by atoms with van der Waals surface area (Å²) in [6, 6.07) is 5.52. The van der Waals surface area contributed by atoms with E-state index >= 15 is 0 Å². The van der Waals surface area contributed by atoms with Gasteiger partial charge in [-0.25, -0.2) is 9.59 Å². The normalized spacial score (nSPS) is 22.5. The predicted octanol–water partition coefficient (Wildman–Crippen LogP) is 3.71. The Morgan fingerprint density at radius 1 is 1.27 bits per heavy atom. The maximum atomic E-state index is 12.1. The monoisotopic (exact) mass is 378 g/mol. The van der Waals surface area contributed by atoms with E-state index in [9.17, 15) is 9.59 Å². The number of piperidine rings is 1. The summed E-state index contributed by atoms with van der Waals surface area (Å²) in [5.41, 5.74) is 1.42. The number of benzene rings is 1. The van der Waals surface area contributed by atoms with Crippen LogP contribution < -0.4 is 10.2 Å². The Labute approximate surface area is 158 Å². The molecule has 26 heavy (non-hydrogen) atoms. The van der Waals surface area contributed by atoms with Gasteiger partial charge in [0.1, 0.15) is 0 Å². The summed E-state index contributed by atoms with van der Waals surface area (Å²) in [5, 5.41) is 3.66. The molecule has 0 aliphatic carbocycles. The fraction of sp³-hybridized carbons (Fsp3) is 0.474. The first-order valence-corrected chi connectivity index (χ1v) is 9.11. The van der Waals surface area contributed by atoms with E-state index in [1.807, 2.05) is 18.2 Å². The Hall–Kier alpha value is -2.21. The Bertz CT molecular complexity index is 738. The average molecular weight is 379 g/mol. The first-order valence-electron chi connectivity index (χ1n) is 8.74. The third-order valence-corrected chi connectivity index (χ3v) is 4.75. The van der Waals surface area contributed by atoms with E-state index < -0.39 is 17.7 Å². The number of carbonyl (C=O) groups excluding carboxylic acids is 2. The van der Waals surface area contributed by atoms with Crippen molar-refractivity contribution in [3.8, 4) is 0 Å². The van der Waals surface area contributed by atoms with E-state index in [-0.39, 0.29) is 5.57 Å². The minimum atomic E-state index is -1.25. The highest BCUT2D eigenvalue weighted by atomic mass is 35.5. The first-order chi connectivity index (χ1) is 12.3. The molecule has 3 rings (SSSR count). The van der Waals surface area contributed by atoms with Gasteiger partial charge in [-0.1, -0.05) is 24.6 Å². The number of rotatable bonds is 3. The van der Waals surface area contributed by atoms with Crippen LogP contribution in [0.4, 0.5) is 11.4 Å². The molecule has 1 aromatic rings. The molecular weight excluding hydrogens is 356 g/mol. The van der Waals surface area contributed by atoms with Gasteiger partial charge in [0.15, 0.2) is 5.57 Å². The van der Waals surface area contributed by atoms with Crippen LogP contribution in [0.2, 0.25) is 5.02 Å². The largest absolute Gasteiger partial charge is 0.419 e. The average Bonchev–Trinajstić information content (AvgIpc) is 2.53. The lowest BCUT2D eigenvalue weighted by Gasteiger charge is -2.34. The molecule has 1 aromatic carbocycles. The van der Waals surface area contributed by atoms with Crippen molar-refractivity contribution < 1.29 is 19.1 Å². The molecule has 0 bridgehead atoms. The molecule has 2 fully saturated rings. The zero-order valence-corrected chi connectivity index (χ0v) is 15.9. The van der Waals surface area contributed by atoms with Crippen molar-refractivity contribution in [2.75, 3.05) is 23.3 Å². The molecule has 1 N–H and O–H groups in total. The number of nitrogens with zero attached hydrogens (tertiary/aromatic N) is 1. The molecule has 0 saturated carbocycles. The van der Waals surface area contributed by atoms with E-state index in [0.29, 0.717) is 10.9 Å². The summed E-state index contributed by atoms with van der Waals surface area (Å²) in [6.07, 6.45) is 3.62. The van der Waals surface area contributed by atoms with Crippen LogP contribution in [-0.4, -0.2) is 30.8 Å². The number of ether oxygens (including phenoxy) is 2. The fourth-order valence-corrected chi connectivity index (χ4v) is 3.57. The van der Waals surface area contributed by atoms with Crippen molar-refractivity contribution in [3.63, 3.8) is 0 Å². The molecule has 2 heterocycles. The number of anilines is 2. The number of esters is 2. The van der Waals surface area contributed by atoms with Crippen LogP contribution in [0.1, 0.15) is 33.6 Å². The van der Waals surface area contributed by atoms with E-state index in [0.717, 1.165) is 30.9 Å². The molecule has 2 saturated heterocycles. The van der Waals surface area contributed by atoms with Crippen LogP contribution in [-0.2, 0) is 19.1 Å². The van der Waals surface area contributed by atoms with Crippen LogP contribution in [0.3, 0.4) is 0 Å². The second-order valence-corrected chi connectivity index (χ2v) is 7.62. The topological polar surface area (TPSA) is 67.9 Å². The highest BCUT2D eigenvalue weighted by molar-refractivity contribution is 6.34. The lowest BCUT2D eigenvalue weighted by atomic mass is 9.99. The zero-order valence-electron chi connectivity index (χ0n) is 15.2. The van der Waals surface area contributed by atoms with E-state index in [1.165, 1.54) is 26.5 Å². The molecule has 7 heteroatoms. The number of carbonyl (C=O) groups is 2. The van der Waals surface area contributed by atoms with Crippen molar-refractivity contribution in [1.82, 2.24) is 0 Å². The molecule has 0 aromatic heterocycles. The number of hydrogen-bond donors (Lipinski definition) is 1. The third kappa shape index (κ3) is 3.96. The second kappa shape index (κ2) is 7.19. The third-order valence-electron chi connectivity index (χ3n) is 4.45. The fourth-order valence-electron chi connectivity index (χ4n) is 3.27.